The van der Waals surface area contributed by atoms with Crippen molar-refractivity contribution in [2.24, 2.45) is 0 Å². The zero-order valence-corrected chi connectivity index (χ0v) is 8.06. The molecular weight excluding hydrogens is 186 g/mol. The molecule has 78 valence electrons. The van der Waals surface area contributed by atoms with E-state index in [4.69, 9.17) is 15.6 Å². The third-order valence-electron chi connectivity index (χ3n) is 1.46. The first-order valence-corrected chi connectivity index (χ1v) is 4.08. The van der Waals surface area contributed by atoms with Crippen molar-refractivity contribution in [1.29, 1.82) is 0 Å². The number of aromatic nitrogens is 3. The Balaban J connectivity index is 2.81. The first kappa shape index (κ1) is 10.5. The first-order chi connectivity index (χ1) is 6.65. The Morgan fingerprint density at radius 3 is 2.79 bits per heavy atom. The highest BCUT2D eigenvalue weighted by Gasteiger charge is 2.06. The lowest BCUT2D eigenvalue weighted by molar-refractivity contribution is 0.280. The quantitative estimate of drug-likeness (QED) is 0.586. The SMILES string of the molecule is COc1nc(N)nc(NC(C)CO)n1. The minimum atomic E-state index is -0.151. The highest BCUT2D eigenvalue weighted by Crippen LogP contribution is 2.08. The predicted molar refractivity (Wildman–Crippen MR) is 51.0 cm³/mol. The summed E-state index contributed by atoms with van der Waals surface area (Å²) in [7, 11) is 1.44. The molecule has 0 fully saturated rings. The molecule has 1 atom stereocenters. The predicted octanol–water partition coefficient (Wildman–Crippen LogP) is -0.745. The summed E-state index contributed by atoms with van der Waals surface area (Å²) < 4.78 is 4.81. The summed E-state index contributed by atoms with van der Waals surface area (Å²) in [6.45, 7) is 1.76. The number of nitrogen functional groups attached to an aromatic ring is 1. The number of aliphatic hydroxyl groups is 1. The van der Waals surface area contributed by atoms with Crippen LogP contribution in [0.2, 0.25) is 0 Å². The van der Waals surface area contributed by atoms with Crippen molar-refractivity contribution in [2.45, 2.75) is 13.0 Å². The van der Waals surface area contributed by atoms with E-state index in [-0.39, 0.29) is 30.6 Å². The van der Waals surface area contributed by atoms with Crippen LogP contribution in [0.3, 0.4) is 0 Å². The van der Waals surface area contributed by atoms with E-state index in [1.807, 2.05) is 0 Å². The second-order valence-electron chi connectivity index (χ2n) is 2.73. The Hall–Kier alpha value is -1.63. The topological polar surface area (TPSA) is 106 Å². The van der Waals surface area contributed by atoms with Crippen molar-refractivity contribution in [3.8, 4) is 6.01 Å². The van der Waals surface area contributed by atoms with Gasteiger partial charge >= 0.3 is 6.01 Å². The second-order valence-corrected chi connectivity index (χ2v) is 2.73. The fourth-order valence-corrected chi connectivity index (χ4v) is 0.794. The van der Waals surface area contributed by atoms with Crippen molar-refractivity contribution in [2.75, 3.05) is 24.8 Å². The molecule has 1 unspecified atom stereocenters. The molecule has 4 N–H and O–H groups in total. The molecule has 1 aromatic heterocycles. The first-order valence-electron chi connectivity index (χ1n) is 4.08. The molecule has 0 radical (unpaired) electrons. The van der Waals surface area contributed by atoms with Gasteiger partial charge in [0.15, 0.2) is 0 Å². The van der Waals surface area contributed by atoms with Gasteiger partial charge in [-0.3, -0.25) is 0 Å². The molecule has 0 saturated carbocycles. The molecule has 1 aromatic rings. The number of ether oxygens (including phenoxy) is 1. The minimum Gasteiger partial charge on any atom is -0.467 e. The molecule has 0 spiro atoms. The summed E-state index contributed by atoms with van der Waals surface area (Å²) in [6.07, 6.45) is 0. The molecule has 0 aliphatic heterocycles. The van der Waals surface area contributed by atoms with Gasteiger partial charge in [0, 0.05) is 6.04 Å². The van der Waals surface area contributed by atoms with Crippen LogP contribution in [0.5, 0.6) is 6.01 Å². The summed E-state index contributed by atoms with van der Waals surface area (Å²) in [5, 5.41) is 11.6. The molecule has 0 bridgehead atoms. The Morgan fingerprint density at radius 2 is 2.21 bits per heavy atom. The molecule has 1 heterocycles. The zero-order chi connectivity index (χ0) is 10.6. The average molecular weight is 199 g/mol. The van der Waals surface area contributed by atoms with Gasteiger partial charge in [0.25, 0.3) is 0 Å². The van der Waals surface area contributed by atoms with Crippen LogP contribution in [0.15, 0.2) is 0 Å². The average Bonchev–Trinajstić information content (AvgIpc) is 2.16. The van der Waals surface area contributed by atoms with E-state index >= 15 is 0 Å². The Kier molecular flexibility index (Phi) is 3.41. The third kappa shape index (κ3) is 2.70. The van der Waals surface area contributed by atoms with Crippen molar-refractivity contribution >= 4 is 11.9 Å². The standard InChI is InChI=1S/C7H13N5O2/c1-4(3-13)9-6-10-5(8)11-7(12-6)14-2/h4,13H,3H2,1-2H3,(H3,8,9,10,11,12). The molecule has 7 heteroatoms. The molecule has 14 heavy (non-hydrogen) atoms. The number of hydrogen-bond donors (Lipinski definition) is 3. The fraction of sp³-hybridized carbons (Fsp3) is 0.571. The maximum absolute atomic E-state index is 8.80. The number of nitrogens with one attached hydrogen (secondary N) is 1. The van der Waals surface area contributed by atoms with Crippen LogP contribution in [-0.2, 0) is 0 Å². The number of nitrogens with two attached hydrogens (primary N) is 1. The van der Waals surface area contributed by atoms with Gasteiger partial charge < -0.3 is 20.9 Å². The Morgan fingerprint density at radius 1 is 1.50 bits per heavy atom. The summed E-state index contributed by atoms with van der Waals surface area (Å²) in [6, 6.07) is -0.00774. The van der Waals surface area contributed by atoms with E-state index in [2.05, 4.69) is 20.3 Å². The normalized spacial score (nSPS) is 12.2. The Labute approximate surface area is 81.3 Å². The maximum Gasteiger partial charge on any atom is 0.322 e. The van der Waals surface area contributed by atoms with E-state index in [9.17, 15) is 0 Å². The lowest BCUT2D eigenvalue weighted by Gasteiger charge is -2.10. The van der Waals surface area contributed by atoms with Crippen LogP contribution >= 0.6 is 0 Å². The highest BCUT2D eigenvalue weighted by atomic mass is 16.5. The maximum atomic E-state index is 8.80. The summed E-state index contributed by atoms with van der Waals surface area (Å²) >= 11 is 0. The smallest absolute Gasteiger partial charge is 0.322 e. The molecule has 0 saturated heterocycles. The van der Waals surface area contributed by atoms with Crippen LogP contribution in [0.25, 0.3) is 0 Å². The minimum absolute atomic E-state index is 0.0199. The number of aliphatic hydroxyl groups excluding tert-OH is 1. The molecule has 0 aromatic carbocycles. The fourth-order valence-electron chi connectivity index (χ4n) is 0.794. The van der Waals surface area contributed by atoms with Gasteiger partial charge in [-0.15, -0.1) is 0 Å². The summed E-state index contributed by atoms with van der Waals surface area (Å²) in [5.74, 6) is 0.361. The molecule has 0 amide bonds. The van der Waals surface area contributed by atoms with E-state index in [0.717, 1.165) is 0 Å². The molecule has 1 rings (SSSR count). The van der Waals surface area contributed by atoms with Gasteiger partial charge in [0.1, 0.15) is 0 Å². The molecule has 0 aliphatic rings. The lowest BCUT2D eigenvalue weighted by atomic mass is 10.4. The van der Waals surface area contributed by atoms with E-state index in [1.165, 1.54) is 7.11 Å². The van der Waals surface area contributed by atoms with Gasteiger partial charge in [-0.1, -0.05) is 0 Å². The molecular formula is C7H13N5O2. The Bertz CT molecular complexity index is 306. The van der Waals surface area contributed by atoms with Crippen LogP contribution in [0.4, 0.5) is 11.9 Å². The number of nitrogens with zero attached hydrogens (tertiary/aromatic N) is 3. The van der Waals surface area contributed by atoms with E-state index in [0.29, 0.717) is 0 Å². The van der Waals surface area contributed by atoms with Gasteiger partial charge in [0.2, 0.25) is 11.9 Å². The summed E-state index contributed by atoms with van der Waals surface area (Å²) in [4.78, 5) is 11.4. The number of methoxy groups -OCH3 is 1. The van der Waals surface area contributed by atoms with Crippen LogP contribution in [-0.4, -0.2) is 39.8 Å². The van der Waals surface area contributed by atoms with E-state index in [1.54, 1.807) is 6.92 Å². The lowest BCUT2D eigenvalue weighted by Crippen LogP contribution is -2.21. The van der Waals surface area contributed by atoms with E-state index < -0.39 is 0 Å². The van der Waals surface area contributed by atoms with Crippen LogP contribution < -0.4 is 15.8 Å². The second kappa shape index (κ2) is 4.56. The van der Waals surface area contributed by atoms with Crippen LogP contribution in [0, 0.1) is 0 Å². The van der Waals surface area contributed by atoms with Gasteiger partial charge in [0.05, 0.1) is 13.7 Å². The molecule has 7 nitrogen and oxygen atoms in total. The zero-order valence-electron chi connectivity index (χ0n) is 8.06. The number of anilines is 2. The van der Waals surface area contributed by atoms with Crippen molar-refractivity contribution < 1.29 is 9.84 Å². The van der Waals surface area contributed by atoms with Crippen molar-refractivity contribution in [3.63, 3.8) is 0 Å². The van der Waals surface area contributed by atoms with Crippen molar-refractivity contribution in [3.05, 3.63) is 0 Å². The van der Waals surface area contributed by atoms with Crippen LogP contribution in [0.1, 0.15) is 6.92 Å². The van der Waals surface area contributed by atoms with Crippen molar-refractivity contribution in [1.82, 2.24) is 15.0 Å². The third-order valence-corrected chi connectivity index (χ3v) is 1.46. The van der Waals surface area contributed by atoms with Gasteiger partial charge in [-0.2, -0.15) is 15.0 Å². The highest BCUT2D eigenvalue weighted by molar-refractivity contribution is 5.33. The number of hydrogen-bond acceptors (Lipinski definition) is 7. The largest absolute Gasteiger partial charge is 0.467 e. The summed E-state index contributed by atoms with van der Waals surface area (Å²) in [5.41, 5.74) is 5.41. The number of rotatable bonds is 4. The van der Waals surface area contributed by atoms with Gasteiger partial charge in [-0.05, 0) is 6.92 Å². The monoisotopic (exact) mass is 199 g/mol. The van der Waals surface area contributed by atoms with Gasteiger partial charge in [-0.25, -0.2) is 0 Å². The molecule has 0 aliphatic carbocycles.